The Bertz CT molecular complexity index is 742. The van der Waals surface area contributed by atoms with Crippen molar-refractivity contribution in [3.05, 3.63) is 42.0 Å². The van der Waals surface area contributed by atoms with Crippen LogP contribution >= 0.6 is 0 Å². The van der Waals surface area contributed by atoms with E-state index in [1.165, 1.54) is 121 Å². The van der Waals surface area contributed by atoms with Gasteiger partial charge in [-0.05, 0) is 49.3 Å². The zero-order valence-corrected chi connectivity index (χ0v) is 27.9. The number of hydrogen-bond acceptors (Lipinski definition) is 4. The van der Waals surface area contributed by atoms with Crippen LogP contribution in [-0.2, 0) is 20.9 Å². The first kappa shape index (κ1) is 38.2. The molecule has 0 amide bonds. The van der Waals surface area contributed by atoms with Gasteiger partial charge in [0.15, 0.2) is 0 Å². The van der Waals surface area contributed by atoms with Gasteiger partial charge in [-0.25, -0.2) is 0 Å². The lowest BCUT2D eigenvalue weighted by atomic mass is 9.91. The summed E-state index contributed by atoms with van der Waals surface area (Å²) in [5.74, 6) is 1.62. The lowest BCUT2D eigenvalue weighted by molar-refractivity contribution is -0.142. The fourth-order valence-corrected chi connectivity index (χ4v) is 5.48. The van der Waals surface area contributed by atoms with Gasteiger partial charge in [-0.1, -0.05) is 147 Å². The normalized spacial score (nSPS) is 12.2. The molecule has 242 valence electrons. The van der Waals surface area contributed by atoms with Gasteiger partial charge in [-0.3, -0.25) is 4.79 Å². The third-order valence-electron chi connectivity index (χ3n) is 8.29. The first-order valence-corrected chi connectivity index (χ1v) is 17.7. The Morgan fingerprint density at radius 1 is 0.690 bits per heavy atom. The molecular formula is C38H66O4. The Balaban J connectivity index is 2.14. The summed E-state index contributed by atoms with van der Waals surface area (Å²) in [4.78, 5) is 11.9. The first-order valence-electron chi connectivity index (χ1n) is 17.7. The maximum Gasteiger partial charge on any atom is 0.306 e. The fraction of sp³-hybridized carbons (Fsp3) is 0.763. The molecule has 0 heterocycles. The van der Waals surface area contributed by atoms with E-state index in [1.807, 2.05) is 18.2 Å². The number of hydrogen-bond donors (Lipinski definition) is 0. The molecule has 0 bridgehead atoms. The van der Waals surface area contributed by atoms with Crippen molar-refractivity contribution < 1.29 is 19.0 Å². The Kier molecular flexibility index (Phi) is 26.6. The number of rotatable bonds is 30. The van der Waals surface area contributed by atoms with E-state index >= 15 is 0 Å². The van der Waals surface area contributed by atoms with Crippen LogP contribution in [0.4, 0.5) is 0 Å². The lowest BCUT2D eigenvalue weighted by Gasteiger charge is -2.17. The topological polar surface area (TPSA) is 44.8 Å². The van der Waals surface area contributed by atoms with E-state index in [9.17, 15) is 4.79 Å². The van der Waals surface area contributed by atoms with Gasteiger partial charge in [0.2, 0.25) is 0 Å². The zero-order chi connectivity index (χ0) is 30.4. The molecule has 0 aliphatic carbocycles. The quantitative estimate of drug-likeness (QED) is 0.0511. The minimum atomic E-state index is -0.0481. The molecular weight excluding hydrogens is 520 g/mol. The molecule has 4 heteroatoms. The molecule has 0 saturated heterocycles. The molecule has 1 rings (SSSR count). The number of unbranched alkanes of at least 4 members (excludes halogenated alkanes) is 15. The highest BCUT2D eigenvalue weighted by Crippen LogP contribution is 2.23. The summed E-state index contributed by atoms with van der Waals surface area (Å²) in [6.45, 7) is 6.47. The van der Waals surface area contributed by atoms with Crippen LogP contribution in [-0.4, -0.2) is 26.3 Å². The van der Waals surface area contributed by atoms with Crippen LogP contribution in [0, 0.1) is 5.92 Å². The third-order valence-corrected chi connectivity index (χ3v) is 8.29. The van der Waals surface area contributed by atoms with E-state index in [2.05, 4.69) is 32.1 Å². The molecule has 0 radical (unpaired) electrons. The maximum atomic E-state index is 11.9. The van der Waals surface area contributed by atoms with Crippen LogP contribution < -0.4 is 4.74 Å². The zero-order valence-electron chi connectivity index (χ0n) is 27.9. The summed E-state index contributed by atoms with van der Waals surface area (Å²) >= 11 is 0. The predicted molar refractivity (Wildman–Crippen MR) is 179 cm³/mol. The van der Waals surface area contributed by atoms with E-state index in [-0.39, 0.29) is 5.97 Å². The minimum Gasteiger partial charge on any atom is -0.497 e. The molecule has 0 spiro atoms. The highest BCUT2D eigenvalue weighted by atomic mass is 16.5. The summed E-state index contributed by atoms with van der Waals surface area (Å²) in [6, 6.07) is 8.19. The van der Waals surface area contributed by atoms with E-state index < -0.39 is 0 Å². The van der Waals surface area contributed by atoms with Crippen molar-refractivity contribution in [2.45, 2.75) is 162 Å². The van der Waals surface area contributed by atoms with Gasteiger partial charge in [0.1, 0.15) is 12.4 Å². The summed E-state index contributed by atoms with van der Waals surface area (Å²) in [5, 5.41) is 0. The van der Waals surface area contributed by atoms with Crippen LogP contribution in [0.2, 0.25) is 0 Å². The maximum absolute atomic E-state index is 11.9. The average Bonchev–Trinajstić information content (AvgIpc) is 3.01. The Morgan fingerprint density at radius 2 is 1.26 bits per heavy atom. The number of ether oxygens (including phenoxy) is 3. The predicted octanol–water partition coefficient (Wildman–Crippen LogP) is 11.5. The van der Waals surface area contributed by atoms with Crippen LogP contribution in [0.5, 0.6) is 5.75 Å². The van der Waals surface area contributed by atoms with Crippen molar-refractivity contribution in [1.82, 2.24) is 0 Å². The first-order chi connectivity index (χ1) is 20.7. The molecule has 1 unspecified atom stereocenters. The second kappa shape index (κ2) is 29.3. The van der Waals surface area contributed by atoms with Crippen LogP contribution in [0.25, 0.3) is 0 Å². The van der Waals surface area contributed by atoms with Gasteiger partial charge in [-0.2, -0.15) is 0 Å². The van der Waals surface area contributed by atoms with Gasteiger partial charge in [0.25, 0.3) is 0 Å². The number of esters is 1. The fourth-order valence-electron chi connectivity index (χ4n) is 5.48. The molecule has 0 aliphatic heterocycles. The summed E-state index contributed by atoms with van der Waals surface area (Å²) in [6.07, 6.45) is 31.6. The van der Waals surface area contributed by atoms with Gasteiger partial charge in [0, 0.05) is 13.0 Å². The molecule has 1 aromatic rings. The summed E-state index contributed by atoms with van der Waals surface area (Å²) in [5.41, 5.74) is 1.21. The average molecular weight is 587 g/mol. The highest BCUT2D eigenvalue weighted by Gasteiger charge is 2.09. The standard InChI is InChI=1S/C38H66O4/c1-4-6-8-10-12-16-20-24-35(31-33-41-34-36-27-29-37(40-3)30-28-36)25-21-17-13-14-18-22-26-38(39)42-32-23-19-15-11-9-7-5-2/h19,23,27-30,35H,4-18,20-22,24-26,31-34H2,1-3H3. The molecule has 4 nitrogen and oxygen atoms in total. The molecule has 42 heavy (non-hydrogen) atoms. The Morgan fingerprint density at radius 3 is 1.88 bits per heavy atom. The molecule has 0 N–H and O–H groups in total. The summed E-state index contributed by atoms with van der Waals surface area (Å²) in [7, 11) is 1.70. The van der Waals surface area contributed by atoms with Crippen molar-refractivity contribution in [2.75, 3.05) is 20.3 Å². The Hall–Kier alpha value is -1.81. The van der Waals surface area contributed by atoms with Gasteiger partial charge in [0.05, 0.1) is 13.7 Å². The number of benzene rings is 1. The largest absolute Gasteiger partial charge is 0.497 e. The third kappa shape index (κ3) is 23.7. The van der Waals surface area contributed by atoms with Crippen molar-refractivity contribution >= 4 is 5.97 Å². The molecule has 0 fully saturated rings. The van der Waals surface area contributed by atoms with Crippen molar-refractivity contribution in [2.24, 2.45) is 5.92 Å². The Labute approximate surface area is 260 Å². The molecule has 0 aromatic heterocycles. The minimum absolute atomic E-state index is 0.0481. The lowest BCUT2D eigenvalue weighted by Crippen LogP contribution is -2.06. The molecule has 1 aromatic carbocycles. The SMILES string of the molecule is CCCCCCC=CCOC(=O)CCCCCCCCC(CCCCCCCCC)CCOCc1ccc(OC)cc1. The molecule has 0 aliphatic rings. The van der Waals surface area contributed by atoms with Gasteiger partial charge in [-0.15, -0.1) is 0 Å². The molecule has 1 atom stereocenters. The van der Waals surface area contributed by atoms with Crippen molar-refractivity contribution in [3.63, 3.8) is 0 Å². The number of allylic oxidation sites excluding steroid dienone is 1. The van der Waals surface area contributed by atoms with Crippen LogP contribution in [0.3, 0.4) is 0 Å². The van der Waals surface area contributed by atoms with E-state index in [4.69, 9.17) is 14.2 Å². The summed E-state index contributed by atoms with van der Waals surface area (Å²) < 4.78 is 16.7. The monoisotopic (exact) mass is 586 g/mol. The smallest absolute Gasteiger partial charge is 0.306 e. The van der Waals surface area contributed by atoms with Gasteiger partial charge >= 0.3 is 5.97 Å². The van der Waals surface area contributed by atoms with Crippen molar-refractivity contribution in [3.8, 4) is 5.75 Å². The highest BCUT2D eigenvalue weighted by molar-refractivity contribution is 5.69. The van der Waals surface area contributed by atoms with Crippen LogP contribution in [0.15, 0.2) is 36.4 Å². The van der Waals surface area contributed by atoms with E-state index in [1.54, 1.807) is 7.11 Å². The van der Waals surface area contributed by atoms with Crippen LogP contribution in [0.1, 0.15) is 161 Å². The van der Waals surface area contributed by atoms with E-state index in [0.29, 0.717) is 19.6 Å². The number of carbonyl (C=O) groups excluding carboxylic acids is 1. The number of methoxy groups -OCH3 is 1. The second-order valence-corrected chi connectivity index (χ2v) is 12.1. The second-order valence-electron chi connectivity index (χ2n) is 12.1. The van der Waals surface area contributed by atoms with E-state index in [0.717, 1.165) is 37.5 Å². The van der Waals surface area contributed by atoms with Crippen molar-refractivity contribution in [1.29, 1.82) is 0 Å². The molecule has 0 saturated carbocycles. The number of carbonyl (C=O) groups is 1. The van der Waals surface area contributed by atoms with Gasteiger partial charge < -0.3 is 14.2 Å².